The fourth-order valence-electron chi connectivity index (χ4n) is 3.83. The number of hydrogen-bond donors (Lipinski definition) is 0. The summed E-state index contributed by atoms with van der Waals surface area (Å²) in [4.78, 5) is 12.9. The van der Waals surface area contributed by atoms with Gasteiger partial charge in [0.25, 0.3) is 0 Å². The van der Waals surface area contributed by atoms with Gasteiger partial charge in [-0.3, -0.25) is 4.79 Å². The Morgan fingerprint density at radius 3 is 2.48 bits per heavy atom. The van der Waals surface area contributed by atoms with E-state index in [-0.39, 0.29) is 18.0 Å². The number of carbonyl (C=O) groups is 1. The van der Waals surface area contributed by atoms with Crippen molar-refractivity contribution in [3.8, 4) is 0 Å². The molecule has 0 amide bonds. The van der Waals surface area contributed by atoms with Crippen LogP contribution in [-0.4, -0.2) is 25.3 Å². The Morgan fingerprint density at radius 2 is 1.78 bits per heavy atom. The Balaban J connectivity index is 2.39. The van der Waals surface area contributed by atoms with E-state index in [0.29, 0.717) is 19.6 Å². The van der Waals surface area contributed by atoms with E-state index in [0.717, 1.165) is 34.7 Å². The lowest BCUT2D eigenvalue weighted by atomic mass is 9.85. The van der Waals surface area contributed by atoms with Crippen molar-refractivity contribution in [2.75, 3.05) is 13.2 Å². The van der Waals surface area contributed by atoms with Gasteiger partial charge in [0.2, 0.25) is 0 Å². The lowest BCUT2D eigenvalue weighted by Gasteiger charge is -2.25. The summed E-state index contributed by atoms with van der Waals surface area (Å²) in [6, 6.07) is 12.5. The zero-order valence-electron chi connectivity index (χ0n) is 17.3. The average molecular weight is 371 g/mol. The van der Waals surface area contributed by atoms with Crippen LogP contribution in [-0.2, 0) is 14.3 Å². The van der Waals surface area contributed by atoms with E-state index in [2.05, 4.69) is 38.1 Å². The highest BCUT2D eigenvalue weighted by molar-refractivity contribution is 5.92. The SMILES string of the molecule is CCCCCC(CC(C(=O)OCC)c1c(C)ccc2ccccc12)OCC. The van der Waals surface area contributed by atoms with E-state index in [1.54, 1.807) is 0 Å². The van der Waals surface area contributed by atoms with E-state index in [1.165, 1.54) is 12.8 Å². The average Bonchev–Trinajstić information content (AvgIpc) is 2.67. The molecule has 3 nitrogen and oxygen atoms in total. The van der Waals surface area contributed by atoms with Gasteiger partial charge in [0, 0.05) is 6.61 Å². The van der Waals surface area contributed by atoms with Crippen LogP contribution in [0.15, 0.2) is 36.4 Å². The molecule has 2 unspecified atom stereocenters. The second-order valence-corrected chi connectivity index (χ2v) is 7.13. The lowest BCUT2D eigenvalue weighted by molar-refractivity contribution is -0.146. The summed E-state index contributed by atoms with van der Waals surface area (Å²) in [5.74, 6) is -0.439. The van der Waals surface area contributed by atoms with Crippen LogP contribution < -0.4 is 0 Å². The Morgan fingerprint density at radius 1 is 1.00 bits per heavy atom. The van der Waals surface area contributed by atoms with E-state index >= 15 is 0 Å². The number of hydrogen-bond acceptors (Lipinski definition) is 3. The summed E-state index contributed by atoms with van der Waals surface area (Å²) in [5, 5.41) is 2.30. The molecule has 2 aromatic carbocycles. The quantitative estimate of drug-likeness (QED) is 0.350. The number of benzene rings is 2. The van der Waals surface area contributed by atoms with Crippen LogP contribution >= 0.6 is 0 Å². The fraction of sp³-hybridized carbons (Fsp3) is 0.542. The first-order valence-electron chi connectivity index (χ1n) is 10.4. The number of unbranched alkanes of at least 4 members (excludes halogenated alkanes) is 2. The molecule has 0 bridgehead atoms. The van der Waals surface area contributed by atoms with Crippen molar-refractivity contribution in [3.63, 3.8) is 0 Å². The van der Waals surface area contributed by atoms with Gasteiger partial charge in [-0.25, -0.2) is 0 Å². The molecule has 2 rings (SSSR count). The van der Waals surface area contributed by atoms with Crippen molar-refractivity contribution in [2.45, 2.75) is 71.8 Å². The third-order valence-electron chi connectivity index (χ3n) is 5.14. The topological polar surface area (TPSA) is 35.5 Å². The van der Waals surface area contributed by atoms with Crippen molar-refractivity contribution in [2.24, 2.45) is 0 Å². The van der Waals surface area contributed by atoms with Crippen LogP contribution in [0.2, 0.25) is 0 Å². The maximum atomic E-state index is 12.9. The number of rotatable bonds is 11. The van der Waals surface area contributed by atoms with Crippen LogP contribution in [0.25, 0.3) is 10.8 Å². The smallest absolute Gasteiger partial charge is 0.313 e. The zero-order valence-corrected chi connectivity index (χ0v) is 17.3. The molecule has 148 valence electrons. The van der Waals surface area contributed by atoms with Crippen LogP contribution in [0.1, 0.15) is 69.9 Å². The molecular weight excluding hydrogens is 336 g/mol. The molecule has 0 fully saturated rings. The third-order valence-corrected chi connectivity index (χ3v) is 5.14. The first kappa shape index (κ1) is 21.4. The molecule has 27 heavy (non-hydrogen) atoms. The standard InChI is InChI=1S/C24H34O3/c1-5-8-9-13-20(26-6-2)17-22(24(25)27-7-3)23-18(4)15-16-19-12-10-11-14-21(19)23/h10-12,14-16,20,22H,5-9,13,17H2,1-4H3. The van der Waals surface area contributed by atoms with E-state index in [4.69, 9.17) is 9.47 Å². The van der Waals surface area contributed by atoms with Crippen molar-refractivity contribution in [1.82, 2.24) is 0 Å². The van der Waals surface area contributed by atoms with Gasteiger partial charge in [0.05, 0.1) is 18.6 Å². The second kappa shape index (κ2) is 11.1. The minimum Gasteiger partial charge on any atom is -0.466 e. The Hall–Kier alpha value is -1.87. The molecule has 0 aliphatic rings. The van der Waals surface area contributed by atoms with Crippen LogP contribution in [0.5, 0.6) is 0 Å². The summed E-state index contributed by atoms with van der Waals surface area (Å²) >= 11 is 0. The molecule has 0 aliphatic heterocycles. The van der Waals surface area contributed by atoms with Gasteiger partial charge in [-0.1, -0.05) is 62.6 Å². The maximum absolute atomic E-state index is 12.9. The van der Waals surface area contributed by atoms with Gasteiger partial charge in [-0.2, -0.15) is 0 Å². The largest absolute Gasteiger partial charge is 0.466 e. The molecule has 0 saturated heterocycles. The van der Waals surface area contributed by atoms with Gasteiger partial charge >= 0.3 is 5.97 Å². The summed E-state index contributed by atoms with van der Waals surface area (Å²) in [5.41, 5.74) is 2.22. The third kappa shape index (κ3) is 5.80. The minimum atomic E-state index is -0.297. The number of ether oxygens (including phenoxy) is 2. The molecule has 0 saturated carbocycles. The van der Waals surface area contributed by atoms with E-state index < -0.39 is 0 Å². The highest BCUT2D eigenvalue weighted by Gasteiger charge is 2.29. The first-order valence-corrected chi connectivity index (χ1v) is 10.4. The highest BCUT2D eigenvalue weighted by Crippen LogP contribution is 2.34. The summed E-state index contributed by atoms with van der Waals surface area (Å²) < 4.78 is 11.5. The Kier molecular flexibility index (Phi) is 8.80. The molecule has 0 aromatic heterocycles. The van der Waals surface area contributed by atoms with E-state index in [1.807, 2.05) is 26.0 Å². The summed E-state index contributed by atoms with van der Waals surface area (Å²) in [7, 11) is 0. The molecular formula is C24H34O3. The maximum Gasteiger partial charge on any atom is 0.313 e. The van der Waals surface area contributed by atoms with Gasteiger partial charge < -0.3 is 9.47 Å². The summed E-state index contributed by atoms with van der Waals surface area (Å²) in [6.45, 7) is 9.24. The van der Waals surface area contributed by atoms with Crippen LogP contribution in [0, 0.1) is 6.92 Å². The van der Waals surface area contributed by atoms with Gasteiger partial charge in [0.1, 0.15) is 0 Å². The number of esters is 1. The molecule has 0 spiro atoms. The molecule has 0 radical (unpaired) electrons. The highest BCUT2D eigenvalue weighted by atomic mass is 16.5. The molecule has 0 N–H and O–H groups in total. The Bertz CT molecular complexity index is 723. The lowest BCUT2D eigenvalue weighted by Crippen LogP contribution is -2.24. The number of carbonyl (C=O) groups excluding carboxylic acids is 1. The first-order chi connectivity index (χ1) is 13.1. The second-order valence-electron chi connectivity index (χ2n) is 7.13. The summed E-state index contributed by atoms with van der Waals surface area (Å²) in [6.07, 6.45) is 5.25. The molecule has 0 heterocycles. The van der Waals surface area contributed by atoms with Gasteiger partial charge in [-0.15, -0.1) is 0 Å². The van der Waals surface area contributed by atoms with Crippen molar-refractivity contribution < 1.29 is 14.3 Å². The molecule has 2 aromatic rings. The molecule has 0 aliphatic carbocycles. The van der Waals surface area contributed by atoms with Crippen LogP contribution in [0.4, 0.5) is 0 Å². The predicted molar refractivity (Wildman–Crippen MR) is 112 cm³/mol. The van der Waals surface area contributed by atoms with Crippen LogP contribution in [0.3, 0.4) is 0 Å². The van der Waals surface area contributed by atoms with Crippen molar-refractivity contribution in [1.29, 1.82) is 0 Å². The van der Waals surface area contributed by atoms with Crippen molar-refractivity contribution in [3.05, 3.63) is 47.5 Å². The normalized spacial score (nSPS) is 13.5. The number of fused-ring (bicyclic) bond motifs is 1. The van der Waals surface area contributed by atoms with E-state index in [9.17, 15) is 4.79 Å². The van der Waals surface area contributed by atoms with Gasteiger partial charge in [-0.05, 0) is 55.5 Å². The minimum absolute atomic E-state index is 0.0781. The zero-order chi connectivity index (χ0) is 19.6. The number of aryl methyl sites for hydroxylation is 1. The predicted octanol–water partition coefficient (Wildman–Crippen LogP) is 6.17. The monoisotopic (exact) mass is 370 g/mol. The fourth-order valence-corrected chi connectivity index (χ4v) is 3.83. The molecule has 2 atom stereocenters. The Labute approximate surface area is 164 Å². The molecule has 3 heteroatoms. The van der Waals surface area contributed by atoms with Crippen molar-refractivity contribution >= 4 is 16.7 Å². The van der Waals surface area contributed by atoms with Gasteiger partial charge in [0.15, 0.2) is 0 Å².